The molecule has 0 aliphatic heterocycles. The van der Waals surface area contributed by atoms with Gasteiger partial charge in [0.15, 0.2) is 0 Å². The van der Waals surface area contributed by atoms with Crippen LogP contribution in [0.5, 0.6) is 0 Å². The summed E-state index contributed by atoms with van der Waals surface area (Å²) in [5.74, 6) is 0.788. The second-order valence-corrected chi connectivity index (χ2v) is 6.61. The largest absolute Gasteiger partial charge is 0.153 e. The minimum atomic E-state index is 0.695. The molecule has 4 radical (unpaired) electrons. The van der Waals surface area contributed by atoms with Gasteiger partial charge in [0.1, 0.15) is 15.7 Å². The first-order chi connectivity index (χ1) is 9.08. The van der Waals surface area contributed by atoms with Gasteiger partial charge in [-0.05, 0) is 38.2 Å². The van der Waals surface area contributed by atoms with Crippen LogP contribution in [-0.2, 0) is 0 Å². The first-order valence-electron chi connectivity index (χ1n) is 7.08. The number of hydrogen-bond acceptors (Lipinski definition) is 1. The zero-order valence-electron chi connectivity index (χ0n) is 11.9. The molecule has 96 valence electrons. The van der Waals surface area contributed by atoms with Crippen molar-refractivity contribution in [2.24, 2.45) is 5.92 Å². The highest BCUT2D eigenvalue weighted by molar-refractivity contribution is 7.22. The van der Waals surface area contributed by atoms with Gasteiger partial charge < -0.3 is 0 Å². The van der Waals surface area contributed by atoms with E-state index in [1.165, 1.54) is 48.1 Å². The lowest BCUT2D eigenvalue weighted by atomic mass is 9.84. The molecule has 19 heavy (non-hydrogen) atoms. The summed E-state index contributed by atoms with van der Waals surface area (Å²) in [7, 11) is 11.6. The fourth-order valence-electron chi connectivity index (χ4n) is 2.65. The van der Waals surface area contributed by atoms with Crippen LogP contribution in [0.25, 0.3) is 5.57 Å². The maximum absolute atomic E-state index is 5.80. The molecule has 0 nitrogen and oxygen atoms in total. The van der Waals surface area contributed by atoms with E-state index in [1.807, 2.05) is 6.07 Å². The van der Waals surface area contributed by atoms with Crippen LogP contribution < -0.4 is 10.2 Å². The molecule has 0 N–H and O–H groups in total. The molecular formula is C16H20B2S. The van der Waals surface area contributed by atoms with Gasteiger partial charge in [-0.1, -0.05) is 53.3 Å². The van der Waals surface area contributed by atoms with Crippen LogP contribution in [-0.4, -0.2) is 15.7 Å². The van der Waals surface area contributed by atoms with Crippen molar-refractivity contribution in [1.82, 2.24) is 0 Å². The van der Waals surface area contributed by atoms with E-state index in [9.17, 15) is 0 Å². The Kier molecular flexibility index (Phi) is 5.15. The molecule has 0 bridgehead atoms. The van der Waals surface area contributed by atoms with Crippen molar-refractivity contribution in [3.05, 3.63) is 28.7 Å². The van der Waals surface area contributed by atoms with Gasteiger partial charge in [-0.3, -0.25) is 0 Å². The average Bonchev–Trinajstić information content (AvgIpc) is 2.77. The van der Waals surface area contributed by atoms with E-state index in [2.05, 4.69) is 26.0 Å². The summed E-state index contributed by atoms with van der Waals surface area (Å²) in [5, 5.41) is 0. The molecule has 0 spiro atoms. The topological polar surface area (TPSA) is 0 Å². The van der Waals surface area contributed by atoms with Crippen LogP contribution in [0.2, 0.25) is 0 Å². The van der Waals surface area contributed by atoms with Crippen LogP contribution in [0.3, 0.4) is 0 Å². The van der Waals surface area contributed by atoms with E-state index in [-0.39, 0.29) is 0 Å². The lowest BCUT2D eigenvalue weighted by molar-refractivity contribution is 0.403. The maximum Gasteiger partial charge on any atom is 0.128 e. The fourth-order valence-corrected chi connectivity index (χ4v) is 3.47. The van der Waals surface area contributed by atoms with Gasteiger partial charge >= 0.3 is 0 Å². The summed E-state index contributed by atoms with van der Waals surface area (Å²) < 4.78 is 0.718. The van der Waals surface area contributed by atoms with Gasteiger partial charge in [0.2, 0.25) is 0 Å². The Balaban J connectivity index is 2.07. The van der Waals surface area contributed by atoms with Crippen LogP contribution in [0.1, 0.15) is 50.8 Å². The van der Waals surface area contributed by atoms with E-state index < -0.39 is 0 Å². The molecule has 0 atom stereocenters. The van der Waals surface area contributed by atoms with E-state index >= 15 is 0 Å². The molecule has 1 aliphatic rings. The monoisotopic (exact) mass is 266 g/mol. The van der Waals surface area contributed by atoms with Crippen molar-refractivity contribution in [1.29, 1.82) is 0 Å². The zero-order chi connectivity index (χ0) is 13.8. The summed E-state index contributed by atoms with van der Waals surface area (Å²) in [6.07, 6.45) is 11.4. The molecule has 1 aromatic rings. The van der Waals surface area contributed by atoms with Gasteiger partial charge in [0.05, 0.1) is 0 Å². The van der Waals surface area contributed by atoms with Gasteiger partial charge in [0, 0.05) is 4.88 Å². The van der Waals surface area contributed by atoms with Crippen molar-refractivity contribution in [2.75, 3.05) is 0 Å². The van der Waals surface area contributed by atoms with Gasteiger partial charge in [0.25, 0.3) is 0 Å². The number of allylic oxidation sites excluding steroid dienone is 4. The molecule has 1 fully saturated rings. The summed E-state index contributed by atoms with van der Waals surface area (Å²) >= 11 is 1.56. The summed E-state index contributed by atoms with van der Waals surface area (Å²) in [4.78, 5) is 1.17. The third-order valence-corrected chi connectivity index (χ3v) is 5.14. The molecule has 1 heterocycles. The first kappa shape index (κ1) is 14.7. The Hall–Kier alpha value is -0.690. The molecule has 0 amide bonds. The van der Waals surface area contributed by atoms with E-state index in [4.69, 9.17) is 15.7 Å². The Morgan fingerprint density at radius 3 is 2.42 bits per heavy atom. The predicted molar refractivity (Wildman–Crippen MR) is 89.1 cm³/mol. The highest BCUT2D eigenvalue weighted by Crippen LogP contribution is 2.29. The molecular weight excluding hydrogens is 246 g/mol. The first-order valence-corrected chi connectivity index (χ1v) is 7.90. The predicted octanol–water partition coefficient (Wildman–Crippen LogP) is 3.27. The zero-order valence-corrected chi connectivity index (χ0v) is 12.7. The highest BCUT2D eigenvalue weighted by atomic mass is 32.1. The second-order valence-electron chi connectivity index (χ2n) is 5.53. The highest BCUT2D eigenvalue weighted by Gasteiger charge is 2.14. The quantitative estimate of drug-likeness (QED) is 0.581. The maximum atomic E-state index is 5.80. The Morgan fingerprint density at radius 1 is 1.16 bits per heavy atom. The SMILES string of the molecule is [B]c1cc(/C(C)=C/C=C(\C)C2CCCCC2)sc1[B]. The minimum Gasteiger partial charge on any atom is -0.153 e. The molecule has 1 saturated carbocycles. The molecule has 2 rings (SSSR count). The van der Waals surface area contributed by atoms with Crippen LogP contribution in [0.15, 0.2) is 23.8 Å². The molecule has 1 aromatic heterocycles. The lowest BCUT2D eigenvalue weighted by Gasteiger charge is -2.22. The third kappa shape index (κ3) is 3.89. The summed E-state index contributed by atoms with van der Waals surface area (Å²) in [6.45, 7) is 4.38. The van der Waals surface area contributed by atoms with Crippen molar-refractivity contribution < 1.29 is 0 Å². The second kappa shape index (κ2) is 6.65. The van der Waals surface area contributed by atoms with Crippen LogP contribution >= 0.6 is 11.3 Å². The van der Waals surface area contributed by atoms with Crippen molar-refractivity contribution >= 4 is 42.8 Å². The van der Waals surface area contributed by atoms with Crippen molar-refractivity contribution in [2.45, 2.75) is 46.0 Å². The van der Waals surface area contributed by atoms with Crippen molar-refractivity contribution in [3.63, 3.8) is 0 Å². The number of thiophene rings is 1. The normalized spacial score (nSPS) is 18.8. The molecule has 3 heteroatoms. The van der Waals surface area contributed by atoms with Crippen LogP contribution in [0, 0.1) is 5.92 Å². The minimum absolute atomic E-state index is 0.695. The third-order valence-electron chi connectivity index (χ3n) is 4.03. The number of rotatable bonds is 3. The van der Waals surface area contributed by atoms with Crippen LogP contribution in [0.4, 0.5) is 0 Å². The fraction of sp³-hybridized carbons (Fsp3) is 0.500. The molecule has 0 aromatic carbocycles. The lowest BCUT2D eigenvalue weighted by Crippen LogP contribution is -2.18. The number of hydrogen-bond donors (Lipinski definition) is 0. The van der Waals surface area contributed by atoms with E-state index in [0.717, 1.165) is 10.7 Å². The molecule has 1 aliphatic carbocycles. The standard InChI is InChI=1S/C16H20B2S/c1-11(13-6-4-3-5-7-13)8-9-12(2)15-10-14(17)16(18)19-15/h8-10,13H,3-7H2,1-2H3/b11-8+,12-9+. The Bertz CT molecular complexity index is 471. The van der Waals surface area contributed by atoms with Crippen molar-refractivity contribution in [3.8, 4) is 0 Å². The van der Waals surface area contributed by atoms with E-state index in [1.54, 1.807) is 11.3 Å². The molecule has 0 unspecified atom stereocenters. The molecule has 0 saturated heterocycles. The average molecular weight is 266 g/mol. The van der Waals surface area contributed by atoms with Gasteiger partial charge in [-0.2, -0.15) is 11.3 Å². The summed E-state index contributed by atoms with van der Waals surface area (Å²) in [6, 6.07) is 1.97. The smallest absolute Gasteiger partial charge is 0.128 e. The van der Waals surface area contributed by atoms with Gasteiger partial charge in [-0.15, -0.1) is 0 Å². The Morgan fingerprint density at radius 2 is 1.84 bits per heavy atom. The van der Waals surface area contributed by atoms with E-state index in [0.29, 0.717) is 5.46 Å². The summed E-state index contributed by atoms with van der Waals surface area (Å²) in [5.41, 5.74) is 3.45. The van der Waals surface area contributed by atoms with Gasteiger partial charge in [-0.25, -0.2) is 0 Å². The Labute approximate surface area is 123 Å².